The Morgan fingerprint density at radius 3 is 2.82 bits per heavy atom. The number of benzene rings is 1. The van der Waals surface area contributed by atoms with Crippen molar-refractivity contribution in [1.29, 1.82) is 0 Å². The highest BCUT2D eigenvalue weighted by molar-refractivity contribution is 5.89. The minimum atomic E-state index is 0.898. The molecule has 0 bridgehead atoms. The number of pyridine rings is 1. The zero-order chi connectivity index (χ0) is 22.6. The van der Waals surface area contributed by atoms with E-state index in [2.05, 4.69) is 68.1 Å². The smallest absolute Gasteiger partial charge is 0.116 e. The lowest BCUT2D eigenvalue weighted by molar-refractivity contribution is 0.334. The van der Waals surface area contributed by atoms with Crippen LogP contribution < -0.4 is 10.6 Å². The van der Waals surface area contributed by atoms with Gasteiger partial charge >= 0.3 is 0 Å². The van der Waals surface area contributed by atoms with Crippen molar-refractivity contribution in [3.63, 3.8) is 0 Å². The Labute approximate surface area is 194 Å². The fourth-order valence-electron chi connectivity index (χ4n) is 4.71. The second-order valence-electron chi connectivity index (χ2n) is 8.86. The first-order chi connectivity index (χ1) is 16.2. The molecule has 1 fully saturated rings. The Morgan fingerprint density at radius 2 is 2.00 bits per heavy atom. The van der Waals surface area contributed by atoms with Crippen molar-refractivity contribution in [2.75, 3.05) is 19.6 Å². The number of allylic oxidation sites excluding steroid dienone is 1. The van der Waals surface area contributed by atoms with E-state index in [1.807, 2.05) is 31.5 Å². The van der Waals surface area contributed by atoms with Gasteiger partial charge in [0.15, 0.2) is 0 Å². The van der Waals surface area contributed by atoms with Gasteiger partial charge in [0, 0.05) is 28.5 Å². The largest absolute Gasteiger partial charge is 0.353 e. The number of fused-ring (bicyclic) bond motifs is 1. The Morgan fingerprint density at radius 1 is 1.15 bits per heavy atom. The fraction of sp³-hybridized carbons (Fsp3) is 0.286. The summed E-state index contributed by atoms with van der Waals surface area (Å²) in [6.07, 6.45) is 13.0. The second-order valence-corrected chi connectivity index (χ2v) is 8.86. The third-order valence-electron chi connectivity index (χ3n) is 6.53. The molecule has 5 nitrogen and oxygen atoms in total. The Balaban J connectivity index is 1.41. The molecule has 0 radical (unpaired) electrons. The molecule has 2 N–H and O–H groups in total. The topological polar surface area (TPSA) is 60.6 Å². The first kappa shape index (κ1) is 21.4. The molecule has 0 unspecified atom stereocenters. The van der Waals surface area contributed by atoms with Crippen LogP contribution in [0.4, 0.5) is 0 Å². The summed E-state index contributed by atoms with van der Waals surface area (Å²) in [5.74, 6) is 0. The van der Waals surface area contributed by atoms with E-state index in [1.165, 1.54) is 49.8 Å². The molecule has 0 spiro atoms. The molecular formula is C28H31N5. The second kappa shape index (κ2) is 9.59. The average molecular weight is 438 g/mol. The molecule has 0 amide bonds. The van der Waals surface area contributed by atoms with Crippen LogP contribution in [0.5, 0.6) is 0 Å². The molecule has 5 rings (SSSR count). The van der Waals surface area contributed by atoms with Crippen LogP contribution in [0.25, 0.3) is 40.0 Å². The first-order valence-corrected chi connectivity index (χ1v) is 11.9. The van der Waals surface area contributed by atoms with Gasteiger partial charge in [-0.3, -0.25) is 10.1 Å². The molecule has 1 aromatic carbocycles. The number of nitrogens with zero attached hydrogens (tertiary/aromatic N) is 3. The van der Waals surface area contributed by atoms with Crippen LogP contribution in [0.2, 0.25) is 0 Å². The van der Waals surface area contributed by atoms with Gasteiger partial charge in [-0.1, -0.05) is 30.9 Å². The van der Waals surface area contributed by atoms with Gasteiger partial charge in [-0.05, 0) is 93.2 Å². The summed E-state index contributed by atoms with van der Waals surface area (Å²) in [7, 11) is 0. The lowest BCUT2D eigenvalue weighted by atomic mass is 10.0. The SMILES string of the molecule is C=C(/C=c1/c(-c2cc3ccccc3[nH]2)n[nH]/c1=C/C)c1cncc(CCCN2CCCC2)c1. The number of aromatic amines is 2. The van der Waals surface area contributed by atoms with E-state index < -0.39 is 0 Å². The number of nitrogens with one attached hydrogen (secondary N) is 2. The van der Waals surface area contributed by atoms with Gasteiger partial charge in [-0.15, -0.1) is 0 Å². The first-order valence-electron chi connectivity index (χ1n) is 11.9. The molecule has 33 heavy (non-hydrogen) atoms. The number of aryl methyl sites for hydroxylation is 1. The van der Waals surface area contributed by atoms with E-state index in [9.17, 15) is 0 Å². The molecule has 4 aromatic rings. The number of rotatable bonds is 7. The maximum atomic E-state index is 4.61. The van der Waals surface area contributed by atoms with E-state index in [-0.39, 0.29) is 0 Å². The maximum absolute atomic E-state index is 4.61. The zero-order valence-corrected chi connectivity index (χ0v) is 19.3. The van der Waals surface area contributed by atoms with Gasteiger partial charge in [0.2, 0.25) is 0 Å². The molecule has 168 valence electrons. The summed E-state index contributed by atoms with van der Waals surface area (Å²) >= 11 is 0. The van der Waals surface area contributed by atoms with Gasteiger partial charge in [0.1, 0.15) is 5.69 Å². The standard InChI is InChI=1S/C28H31N5/c1-3-25-24(28(32-31-25)27-17-22-10-4-5-11-26(22)30-27)15-20(2)23-16-21(18-29-19-23)9-8-14-33-12-6-7-13-33/h3-5,10-11,15-19,30-31H,2,6-9,12-14H2,1H3/b24-15+,25-3+. The summed E-state index contributed by atoms with van der Waals surface area (Å²) < 4.78 is 0. The van der Waals surface area contributed by atoms with E-state index in [0.29, 0.717) is 0 Å². The molecule has 3 aromatic heterocycles. The normalized spacial score (nSPS) is 15.7. The van der Waals surface area contributed by atoms with Gasteiger partial charge in [0.25, 0.3) is 0 Å². The molecule has 1 aliphatic rings. The van der Waals surface area contributed by atoms with Gasteiger partial charge in [0.05, 0.1) is 11.0 Å². The van der Waals surface area contributed by atoms with Crippen LogP contribution >= 0.6 is 0 Å². The summed E-state index contributed by atoms with van der Waals surface area (Å²) in [6, 6.07) is 12.7. The zero-order valence-electron chi connectivity index (χ0n) is 19.3. The van der Waals surface area contributed by atoms with Crippen molar-refractivity contribution in [3.8, 4) is 11.4 Å². The quantitative estimate of drug-likeness (QED) is 0.454. The third kappa shape index (κ3) is 4.69. The average Bonchev–Trinajstić information content (AvgIpc) is 3.58. The molecule has 0 saturated carbocycles. The van der Waals surface area contributed by atoms with E-state index >= 15 is 0 Å². The highest BCUT2D eigenvalue weighted by atomic mass is 15.1. The van der Waals surface area contributed by atoms with Crippen LogP contribution in [-0.2, 0) is 6.42 Å². The van der Waals surface area contributed by atoms with Gasteiger partial charge in [-0.2, -0.15) is 5.10 Å². The maximum Gasteiger partial charge on any atom is 0.116 e. The predicted molar refractivity (Wildman–Crippen MR) is 137 cm³/mol. The molecule has 0 aliphatic carbocycles. The van der Waals surface area contributed by atoms with Crippen LogP contribution in [0.15, 0.2) is 55.4 Å². The molecule has 5 heteroatoms. The summed E-state index contributed by atoms with van der Waals surface area (Å²) in [6.45, 7) is 10.1. The van der Waals surface area contributed by atoms with Crippen LogP contribution in [0.3, 0.4) is 0 Å². The van der Waals surface area contributed by atoms with Crippen LogP contribution in [0, 0.1) is 0 Å². The number of H-pyrrole nitrogens is 2. The van der Waals surface area contributed by atoms with E-state index in [1.54, 1.807) is 0 Å². The van der Waals surface area contributed by atoms with Crippen molar-refractivity contribution in [2.45, 2.75) is 32.6 Å². The van der Waals surface area contributed by atoms with Crippen molar-refractivity contribution in [3.05, 3.63) is 77.1 Å². The highest BCUT2D eigenvalue weighted by Crippen LogP contribution is 2.21. The number of aromatic nitrogens is 4. The predicted octanol–water partition coefficient (Wildman–Crippen LogP) is 4.28. The lowest BCUT2D eigenvalue weighted by Gasteiger charge is -2.14. The van der Waals surface area contributed by atoms with E-state index in [0.717, 1.165) is 45.0 Å². The Hall–Kier alpha value is -3.44. The van der Waals surface area contributed by atoms with Crippen LogP contribution in [-0.4, -0.2) is 44.7 Å². The Bertz CT molecular complexity index is 1350. The van der Waals surface area contributed by atoms with Crippen molar-refractivity contribution in [2.24, 2.45) is 0 Å². The molecule has 4 heterocycles. The third-order valence-corrected chi connectivity index (χ3v) is 6.53. The molecule has 1 saturated heterocycles. The fourth-order valence-corrected chi connectivity index (χ4v) is 4.71. The van der Waals surface area contributed by atoms with E-state index in [4.69, 9.17) is 0 Å². The minimum absolute atomic E-state index is 0.898. The highest BCUT2D eigenvalue weighted by Gasteiger charge is 2.11. The number of para-hydroxylation sites is 1. The monoisotopic (exact) mass is 437 g/mol. The number of hydrogen-bond acceptors (Lipinski definition) is 3. The summed E-state index contributed by atoms with van der Waals surface area (Å²) in [5, 5.41) is 11.0. The molecular weight excluding hydrogens is 406 g/mol. The van der Waals surface area contributed by atoms with Crippen molar-refractivity contribution < 1.29 is 0 Å². The van der Waals surface area contributed by atoms with Gasteiger partial charge < -0.3 is 9.88 Å². The molecule has 0 atom stereocenters. The van der Waals surface area contributed by atoms with Gasteiger partial charge in [-0.25, -0.2) is 0 Å². The Kier molecular flexibility index (Phi) is 6.22. The lowest BCUT2D eigenvalue weighted by Crippen LogP contribution is -2.23. The minimum Gasteiger partial charge on any atom is -0.353 e. The molecule has 1 aliphatic heterocycles. The summed E-state index contributed by atoms with van der Waals surface area (Å²) in [4.78, 5) is 10.6. The summed E-state index contributed by atoms with van der Waals surface area (Å²) in [5.41, 5.74) is 6.26. The van der Waals surface area contributed by atoms with Crippen molar-refractivity contribution >= 4 is 28.6 Å². The van der Waals surface area contributed by atoms with Crippen LogP contribution in [0.1, 0.15) is 37.3 Å². The number of likely N-dealkylation sites (tertiary alicyclic amines) is 1. The number of hydrogen-bond donors (Lipinski definition) is 2. The van der Waals surface area contributed by atoms with Crippen molar-refractivity contribution in [1.82, 2.24) is 25.1 Å².